The van der Waals surface area contributed by atoms with Gasteiger partial charge in [-0.25, -0.2) is 0 Å². The predicted molar refractivity (Wildman–Crippen MR) is 67.5 cm³/mol. The molecule has 0 bridgehead atoms. The molecule has 0 aromatic heterocycles. The second kappa shape index (κ2) is 5.37. The van der Waals surface area contributed by atoms with E-state index in [9.17, 15) is 4.80 Å². The van der Waals surface area contributed by atoms with Gasteiger partial charge in [-0.15, -0.1) is 0 Å². The third kappa shape index (κ3) is 3.00. The summed E-state index contributed by atoms with van der Waals surface area (Å²) in [6.07, 6.45) is 0.144. The van der Waals surface area contributed by atoms with Gasteiger partial charge in [0.15, 0.2) is 0 Å². The first-order chi connectivity index (χ1) is 8.08. The van der Waals surface area contributed by atoms with Crippen LogP contribution in [0.15, 0.2) is 18.2 Å². The largest absolute Gasteiger partial charge is 0.490 e. The molecule has 3 N–H and O–H groups in total. The minimum absolute atomic E-state index is 0.212. The lowest BCUT2D eigenvalue weighted by Crippen LogP contribution is -2.39. The van der Waals surface area contributed by atoms with E-state index in [0.717, 1.165) is 11.3 Å². The number of ether oxygens (including phenoxy) is 2. The Bertz CT molecular complexity index is 402. The van der Waals surface area contributed by atoms with Crippen molar-refractivity contribution in [3.63, 3.8) is 0 Å². The summed E-state index contributed by atoms with van der Waals surface area (Å²) in [5.74, 6) is 0.718. The first-order valence-electron chi connectivity index (χ1n) is 5.38. The highest BCUT2D eigenvalue weighted by molar-refractivity contribution is 6.48. The number of benzene rings is 1. The van der Waals surface area contributed by atoms with Crippen LogP contribution in [-0.2, 0) is 4.74 Å². The molecule has 4 nitrogen and oxygen atoms in total. The molecule has 1 aromatic carbocycles. The maximum Gasteiger partial charge on any atom is 0.230 e. The Kier molecular flexibility index (Phi) is 4.06. The zero-order valence-corrected chi connectivity index (χ0v) is 11.3. The van der Waals surface area contributed by atoms with E-state index in [1.165, 1.54) is 0 Å². The fourth-order valence-electron chi connectivity index (χ4n) is 1.76. The molecule has 0 saturated heterocycles. The van der Waals surface area contributed by atoms with E-state index in [1.54, 1.807) is 18.7 Å². The molecule has 6 heteroatoms. The molecule has 2 atom stereocenters. The average Bonchev–Trinajstić information content (AvgIpc) is 2.27. The molecule has 1 aromatic rings. The van der Waals surface area contributed by atoms with Gasteiger partial charge in [0.2, 0.25) is 9.04 Å². The second-order valence-corrected chi connectivity index (χ2v) is 6.30. The number of halogens is 1. The van der Waals surface area contributed by atoms with Gasteiger partial charge in [0.25, 0.3) is 0 Å². The van der Waals surface area contributed by atoms with Gasteiger partial charge in [-0.3, -0.25) is 0 Å². The van der Waals surface area contributed by atoms with Crippen LogP contribution in [-0.4, -0.2) is 32.8 Å². The number of hydrogen-bond donors (Lipinski definition) is 2. The van der Waals surface area contributed by atoms with Gasteiger partial charge in [-0.1, -0.05) is 17.7 Å². The van der Waals surface area contributed by atoms with E-state index in [1.807, 2.05) is 6.07 Å². The van der Waals surface area contributed by atoms with E-state index >= 15 is 0 Å². The van der Waals surface area contributed by atoms with E-state index in [-0.39, 0.29) is 12.1 Å². The van der Waals surface area contributed by atoms with Crippen molar-refractivity contribution in [2.75, 3.05) is 12.8 Å². The molecule has 0 saturated carbocycles. The monoisotopic (exact) mass is 272 g/mol. The summed E-state index contributed by atoms with van der Waals surface area (Å²) < 4.78 is 11.1. The van der Waals surface area contributed by atoms with Crippen LogP contribution in [0.5, 0.6) is 5.75 Å². The number of rotatable bonds is 3. The summed E-state index contributed by atoms with van der Waals surface area (Å²) in [4.78, 5) is 9.28. The van der Waals surface area contributed by atoms with E-state index in [4.69, 9.17) is 26.8 Å². The summed E-state index contributed by atoms with van der Waals surface area (Å²) in [5.41, 5.74) is 7.01. The highest BCUT2D eigenvalue weighted by Crippen LogP contribution is 2.33. The molecule has 1 aliphatic rings. The van der Waals surface area contributed by atoms with E-state index in [0.29, 0.717) is 17.9 Å². The fourth-order valence-corrected chi connectivity index (χ4v) is 2.38. The van der Waals surface area contributed by atoms with E-state index in [2.05, 4.69) is 0 Å². The van der Waals surface area contributed by atoms with Crippen LogP contribution in [0.3, 0.4) is 0 Å². The molecule has 0 fully saturated rings. The Labute approximate surface area is 107 Å². The van der Waals surface area contributed by atoms with Gasteiger partial charge in [0.1, 0.15) is 18.5 Å². The molecule has 17 heavy (non-hydrogen) atoms. The molecule has 0 spiro atoms. The molecule has 0 amide bonds. The zero-order chi connectivity index (χ0) is 12.4. The van der Waals surface area contributed by atoms with Crippen LogP contribution in [0.4, 0.5) is 0 Å². The van der Waals surface area contributed by atoms with Gasteiger partial charge >= 0.3 is 0 Å². The normalized spacial score (nSPS) is 23.4. The van der Waals surface area contributed by atoms with Crippen LogP contribution in [0, 0.1) is 0 Å². The molecule has 1 aliphatic heterocycles. The maximum atomic E-state index is 9.28. The van der Waals surface area contributed by atoms with Crippen LogP contribution in [0.1, 0.15) is 11.6 Å². The summed E-state index contributed by atoms with van der Waals surface area (Å²) in [5, 5.41) is 0.629. The Morgan fingerprint density at radius 1 is 1.65 bits per heavy atom. The minimum Gasteiger partial charge on any atom is -0.490 e. The van der Waals surface area contributed by atoms with Crippen molar-refractivity contribution >= 4 is 20.6 Å². The summed E-state index contributed by atoms with van der Waals surface area (Å²) in [6, 6.07) is 5.16. The summed E-state index contributed by atoms with van der Waals surface area (Å²) >= 11 is 5.88. The summed E-state index contributed by atoms with van der Waals surface area (Å²) in [6.45, 7) is 2.16. The van der Waals surface area contributed by atoms with Crippen LogP contribution in [0.2, 0.25) is 11.6 Å². The Hall–Kier alpha value is -0.593. The first kappa shape index (κ1) is 12.9. The van der Waals surface area contributed by atoms with Gasteiger partial charge < -0.3 is 20.0 Å². The fraction of sp³-hybridized carbons (Fsp3) is 0.455. The first-order valence-corrected chi connectivity index (χ1v) is 7.92. The lowest BCUT2D eigenvalue weighted by molar-refractivity contribution is 0.0112. The Balaban J connectivity index is 2.10. The smallest absolute Gasteiger partial charge is 0.230 e. The van der Waals surface area contributed by atoms with Crippen molar-refractivity contribution in [1.82, 2.24) is 0 Å². The molecule has 2 rings (SSSR count). The molecule has 93 valence electrons. The maximum absolute atomic E-state index is 9.28. The molecule has 1 unspecified atom stereocenters. The number of nitrogens with two attached hydrogens (primary N) is 1. The van der Waals surface area contributed by atoms with Crippen molar-refractivity contribution in [3.05, 3.63) is 28.8 Å². The minimum atomic E-state index is -1.39. The standard InChI is InChI=1S/C11H15ClNO3Si/c1-17(14)6-16-10-5-15-9-4-7(12)2-3-8(9)11(10)13/h2-4,10-11,14H,5-6,13H2,1H3/t10-,11?/m0/s1. The summed E-state index contributed by atoms with van der Waals surface area (Å²) in [7, 11) is -1.39. The molecule has 1 heterocycles. The highest BCUT2D eigenvalue weighted by Gasteiger charge is 2.29. The second-order valence-electron chi connectivity index (χ2n) is 4.10. The van der Waals surface area contributed by atoms with Crippen molar-refractivity contribution < 1.29 is 14.3 Å². The van der Waals surface area contributed by atoms with Crippen LogP contribution < -0.4 is 10.5 Å². The third-order valence-corrected chi connectivity index (χ3v) is 3.46. The Morgan fingerprint density at radius 2 is 2.41 bits per heavy atom. The van der Waals surface area contributed by atoms with Crippen molar-refractivity contribution in [2.24, 2.45) is 5.73 Å². The Morgan fingerprint density at radius 3 is 3.12 bits per heavy atom. The average molecular weight is 273 g/mol. The van der Waals surface area contributed by atoms with Gasteiger partial charge in [-0.2, -0.15) is 0 Å². The van der Waals surface area contributed by atoms with Gasteiger partial charge in [0.05, 0.1) is 12.3 Å². The predicted octanol–water partition coefficient (Wildman–Crippen LogP) is 1.27. The van der Waals surface area contributed by atoms with Gasteiger partial charge in [-0.05, 0) is 18.7 Å². The topological polar surface area (TPSA) is 64.7 Å². The van der Waals surface area contributed by atoms with E-state index < -0.39 is 9.04 Å². The molecular weight excluding hydrogens is 258 g/mol. The van der Waals surface area contributed by atoms with Crippen LogP contribution in [0.25, 0.3) is 0 Å². The SMILES string of the molecule is C[Si](O)CO[C@H]1COc2cc(Cl)ccc2C1N. The third-order valence-electron chi connectivity index (χ3n) is 2.64. The number of hydrogen-bond acceptors (Lipinski definition) is 4. The van der Waals surface area contributed by atoms with Gasteiger partial charge in [0, 0.05) is 10.6 Å². The van der Waals surface area contributed by atoms with Crippen LogP contribution >= 0.6 is 11.6 Å². The quantitative estimate of drug-likeness (QED) is 0.814. The van der Waals surface area contributed by atoms with Crippen molar-refractivity contribution in [3.8, 4) is 5.75 Å². The highest BCUT2D eigenvalue weighted by atomic mass is 35.5. The lowest BCUT2D eigenvalue weighted by atomic mass is 9.99. The number of fused-ring (bicyclic) bond motifs is 1. The lowest BCUT2D eigenvalue weighted by Gasteiger charge is -2.31. The zero-order valence-electron chi connectivity index (χ0n) is 9.52. The molecule has 1 radical (unpaired) electrons. The van der Waals surface area contributed by atoms with Crippen molar-refractivity contribution in [1.29, 1.82) is 0 Å². The van der Waals surface area contributed by atoms with Crippen molar-refractivity contribution in [2.45, 2.75) is 18.7 Å². The molecular formula is C11H15ClNO3Si. The molecule has 0 aliphatic carbocycles.